The third-order valence-corrected chi connectivity index (χ3v) is 8.32. The van der Waals surface area contributed by atoms with Gasteiger partial charge in [0.05, 0.1) is 12.7 Å². The number of rotatable bonds is 9. The minimum absolute atomic E-state index is 0.0343. The van der Waals surface area contributed by atoms with Crippen LogP contribution in [0.5, 0.6) is 5.75 Å². The van der Waals surface area contributed by atoms with Crippen molar-refractivity contribution in [2.24, 2.45) is 0 Å². The van der Waals surface area contributed by atoms with Gasteiger partial charge in [0, 0.05) is 61.3 Å². The van der Waals surface area contributed by atoms with Crippen molar-refractivity contribution in [2.75, 3.05) is 24.4 Å². The van der Waals surface area contributed by atoms with Crippen molar-refractivity contribution >= 4 is 52.4 Å². The van der Waals surface area contributed by atoms with Gasteiger partial charge in [0.15, 0.2) is 23.9 Å². The molecule has 0 spiro atoms. The van der Waals surface area contributed by atoms with Crippen LogP contribution in [0.4, 0.5) is 16.3 Å². The number of aromatic nitrogens is 2. The lowest BCUT2D eigenvalue weighted by Crippen LogP contribution is -2.41. The molecule has 2 aliphatic heterocycles. The van der Waals surface area contributed by atoms with Crippen molar-refractivity contribution in [1.29, 1.82) is 0 Å². The van der Waals surface area contributed by atoms with Crippen LogP contribution < -0.4 is 21.8 Å². The summed E-state index contributed by atoms with van der Waals surface area (Å²) in [6.45, 7) is 2.99. The van der Waals surface area contributed by atoms with Crippen LogP contribution >= 0.6 is 0 Å². The summed E-state index contributed by atoms with van der Waals surface area (Å²) in [4.78, 5) is 90.8. The standard InChI is InChI=1S/C37H32N4O14/c1-17(42)51-16-29-32(52-18(2)43)33(53-19(3)44)34(55-29)41-12-11-30(40-37(41)49)39-36(48)38-20-5-8-23(26(13-20)35(47)50-4)31-24-9-6-21(45)14-27(24)54-28-15-22(46)7-10-25(28)31/h5-15,29,32-34,45H,16H2,1-4H3,(H2,38,39,40,48,49)/t29-,32-,33-,34-/m1/s1. The summed E-state index contributed by atoms with van der Waals surface area (Å²) in [5.74, 6) is -3.01. The molecule has 4 atom stereocenters. The van der Waals surface area contributed by atoms with Crippen LogP contribution in [-0.4, -0.2) is 76.6 Å². The smallest absolute Gasteiger partial charge is 0.351 e. The van der Waals surface area contributed by atoms with E-state index in [1.807, 2.05) is 0 Å². The number of hydrogen-bond donors (Lipinski definition) is 3. The minimum atomic E-state index is -1.37. The van der Waals surface area contributed by atoms with Crippen LogP contribution in [0.15, 0.2) is 80.9 Å². The number of fused-ring (bicyclic) bond motifs is 2. The SMILES string of the molecule is COC(=O)c1cc(NC(=O)Nc2ccn([C@@H]3O[C@H](COC(C)=O)[C@@H](OC(C)=O)[C@H]3OC(C)=O)c(=O)n2)ccc1-c1c2ccc(=O)cc-2oc2cc(O)ccc12. The van der Waals surface area contributed by atoms with Gasteiger partial charge in [-0.1, -0.05) is 6.07 Å². The molecular weight excluding hydrogens is 724 g/mol. The maximum Gasteiger partial charge on any atom is 0.351 e. The van der Waals surface area contributed by atoms with E-state index in [0.29, 0.717) is 22.1 Å². The summed E-state index contributed by atoms with van der Waals surface area (Å²) in [7, 11) is 1.19. The Balaban J connectivity index is 1.27. The van der Waals surface area contributed by atoms with Crippen LogP contribution in [0.2, 0.25) is 0 Å². The van der Waals surface area contributed by atoms with Crippen LogP contribution in [0, 0.1) is 0 Å². The number of ether oxygens (including phenoxy) is 5. The first kappa shape index (κ1) is 37.7. The van der Waals surface area contributed by atoms with E-state index < -0.39 is 60.1 Å². The quantitative estimate of drug-likeness (QED) is 0.111. The van der Waals surface area contributed by atoms with E-state index in [-0.39, 0.29) is 46.2 Å². The van der Waals surface area contributed by atoms with Crippen molar-refractivity contribution < 1.29 is 57.2 Å². The summed E-state index contributed by atoms with van der Waals surface area (Å²) in [5.41, 5.74) is 0.497. The molecule has 18 nitrogen and oxygen atoms in total. The number of aromatic hydroxyl groups is 1. The summed E-state index contributed by atoms with van der Waals surface area (Å²) in [6.07, 6.45) is -3.88. The highest BCUT2D eigenvalue weighted by atomic mass is 16.7. The lowest BCUT2D eigenvalue weighted by atomic mass is 9.90. The lowest BCUT2D eigenvalue weighted by molar-refractivity contribution is -0.166. The largest absolute Gasteiger partial charge is 0.508 e. The van der Waals surface area contributed by atoms with Crippen LogP contribution in [0.3, 0.4) is 0 Å². The second-order valence-electron chi connectivity index (χ2n) is 12.2. The molecule has 1 saturated heterocycles. The first-order valence-electron chi connectivity index (χ1n) is 16.4. The van der Waals surface area contributed by atoms with E-state index in [1.54, 1.807) is 18.2 Å². The highest BCUT2D eigenvalue weighted by molar-refractivity contribution is 6.09. The molecular formula is C37H32N4O14. The second-order valence-corrected chi connectivity index (χ2v) is 12.2. The van der Waals surface area contributed by atoms with E-state index in [0.717, 1.165) is 25.3 Å². The van der Waals surface area contributed by atoms with Crippen LogP contribution in [0.1, 0.15) is 37.4 Å². The van der Waals surface area contributed by atoms with Gasteiger partial charge in [-0.3, -0.25) is 29.1 Å². The van der Waals surface area contributed by atoms with Crippen molar-refractivity contribution in [3.8, 4) is 28.2 Å². The fourth-order valence-corrected chi connectivity index (χ4v) is 6.14. The number of methoxy groups -OCH3 is 1. The number of amides is 2. The molecule has 2 aromatic carbocycles. The molecule has 55 heavy (non-hydrogen) atoms. The van der Waals surface area contributed by atoms with Gasteiger partial charge in [-0.25, -0.2) is 14.4 Å². The molecule has 18 heteroatoms. The second kappa shape index (κ2) is 15.5. The number of phenols is 1. The van der Waals surface area contributed by atoms with E-state index in [2.05, 4.69) is 15.6 Å². The number of esters is 4. The maximum atomic E-state index is 13.2. The summed E-state index contributed by atoms with van der Waals surface area (Å²) in [5, 5.41) is 15.6. The molecule has 3 heterocycles. The molecule has 6 rings (SSSR count). The number of hydrogen-bond acceptors (Lipinski definition) is 15. The zero-order chi connectivity index (χ0) is 39.6. The van der Waals surface area contributed by atoms with Gasteiger partial charge in [0.1, 0.15) is 35.6 Å². The Kier molecular flexibility index (Phi) is 10.6. The van der Waals surface area contributed by atoms with E-state index in [1.165, 1.54) is 55.8 Å². The number of anilines is 2. The zero-order valence-corrected chi connectivity index (χ0v) is 29.5. The molecule has 0 bridgehead atoms. The predicted molar refractivity (Wildman–Crippen MR) is 190 cm³/mol. The van der Waals surface area contributed by atoms with Gasteiger partial charge in [-0.2, -0.15) is 4.98 Å². The Bertz CT molecular complexity index is 2440. The molecule has 1 aromatic heterocycles. The zero-order valence-electron chi connectivity index (χ0n) is 29.5. The third kappa shape index (κ3) is 8.13. The van der Waals surface area contributed by atoms with Crippen LogP contribution in [0.25, 0.3) is 33.4 Å². The van der Waals surface area contributed by atoms with Crippen molar-refractivity contribution in [2.45, 2.75) is 45.3 Å². The molecule has 0 saturated carbocycles. The molecule has 2 amide bonds. The highest BCUT2D eigenvalue weighted by Gasteiger charge is 2.51. The van der Waals surface area contributed by atoms with Gasteiger partial charge < -0.3 is 38.5 Å². The van der Waals surface area contributed by atoms with E-state index in [9.17, 15) is 38.7 Å². The van der Waals surface area contributed by atoms with Gasteiger partial charge in [-0.05, 0) is 48.0 Å². The summed E-state index contributed by atoms with van der Waals surface area (Å²) >= 11 is 0. The Labute approximate surface area is 309 Å². The molecule has 1 fully saturated rings. The Morgan fingerprint density at radius 2 is 1.58 bits per heavy atom. The first-order valence-corrected chi connectivity index (χ1v) is 16.4. The topological polar surface area (TPSA) is 241 Å². The van der Waals surface area contributed by atoms with Gasteiger partial charge in [-0.15, -0.1) is 0 Å². The van der Waals surface area contributed by atoms with Crippen LogP contribution in [-0.2, 0) is 38.1 Å². The number of carbonyl (C=O) groups is 5. The lowest BCUT2D eigenvalue weighted by Gasteiger charge is -2.23. The van der Waals surface area contributed by atoms with Crippen molar-refractivity contribution in [1.82, 2.24) is 9.55 Å². The summed E-state index contributed by atoms with van der Waals surface area (Å²) < 4.78 is 33.5. The maximum absolute atomic E-state index is 13.2. The average Bonchev–Trinajstić information content (AvgIpc) is 3.43. The fraction of sp³-hybridized carbons (Fsp3) is 0.243. The molecule has 3 aromatic rings. The highest BCUT2D eigenvalue weighted by Crippen LogP contribution is 2.42. The molecule has 3 N–H and O–H groups in total. The fourth-order valence-electron chi connectivity index (χ4n) is 6.14. The number of urea groups is 1. The van der Waals surface area contributed by atoms with Gasteiger partial charge in [0.25, 0.3) is 0 Å². The monoisotopic (exact) mass is 756 g/mol. The normalized spacial score (nSPS) is 17.7. The molecule has 0 unspecified atom stereocenters. The number of nitrogens with zero attached hydrogens (tertiary/aromatic N) is 2. The summed E-state index contributed by atoms with van der Waals surface area (Å²) in [6, 6.07) is 13.4. The number of nitrogens with one attached hydrogen (secondary N) is 2. The number of carbonyl (C=O) groups excluding carboxylic acids is 5. The molecule has 3 aliphatic rings. The first-order chi connectivity index (χ1) is 26.2. The van der Waals surface area contributed by atoms with Gasteiger partial charge in [0.2, 0.25) is 0 Å². The minimum Gasteiger partial charge on any atom is -0.508 e. The van der Waals surface area contributed by atoms with E-state index in [4.69, 9.17) is 28.1 Å². The molecule has 1 aliphatic carbocycles. The number of benzene rings is 3. The Morgan fingerprint density at radius 1 is 0.855 bits per heavy atom. The Morgan fingerprint density at radius 3 is 2.27 bits per heavy atom. The predicted octanol–water partition coefficient (Wildman–Crippen LogP) is 3.58. The third-order valence-electron chi connectivity index (χ3n) is 8.32. The van der Waals surface area contributed by atoms with Crippen molar-refractivity contribution in [3.05, 3.63) is 93.1 Å². The van der Waals surface area contributed by atoms with Crippen molar-refractivity contribution in [3.63, 3.8) is 0 Å². The average molecular weight is 757 g/mol. The van der Waals surface area contributed by atoms with E-state index >= 15 is 0 Å². The number of phenolic OH excluding ortho intramolecular Hbond substituents is 1. The van der Waals surface area contributed by atoms with Gasteiger partial charge >= 0.3 is 35.6 Å². The Hall–Kier alpha value is -7.08. The molecule has 284 valence electrons. The molecule has 0 radical (unpaired) electrons.